The number of nitrogens with zero attached hydrogens (tertiary/aromatic N) is 3. The van der Waals surface area contributed by atoms with E-state index in [9.17, 15) is 9.59 Å². The van der Waals surface area contributed by atoms with Gasteiger partial charge >= 0.3 is 0 Å². The summed E-state index contributed by atoms with van der Waals surface area (Å²) in [6.07, 6.45) is 3.78. The Kier molecular flexibility index (Phi) is 5.09. The normalized spacial score (nSPS) is 14.9. The molecule has 150 valence electrons. The van der Waals surface area contributed by atoms with Crippen LogP contribution in [0.25, 0.3) is 5.52 Å². The van der Waals surface area contributed by atoms with Crippen molar-refractivity contribution >= 4 is 23.0 Å². The highest BCUT2D eigenvalue weighted by Gasteiger charge is 2.27. The summed E-state index contributed by atoms with van der Waals surface area (Å²) in [6, 6.07) is 11.4. The number of hydrogen-bond acceptors (Lipinski definition) is 3. The minimum atomic E-state index is -0.313. The van der Waals surface area contributed by atoms with Crippen LogP contribution in [0.5, 0.6) is 0 Å². The first-order valence-electron chi connectivity index (χ1n) is 10.1. The number of hydrogen-bond donors (Lipinski definition) is 1. The van der Waals surface area contributed by atoms with Crippen molar-refractivity contribution in [2.45, 2.75) is 33.6 Å². The summed E-state index contributed by atoms with van der Waals surface area (Å²) in [5.74, 6) is 0.492. The van der Waals surface area contributed by atoms with Crippen molar-refractivity contribution in [3.8, 4) is 0 Å². The molecule has 4 rings (SSSR count). The van der Waals surface area contributed by atoms with Crippen LogP contribution in [0.2, 0.25) is 0 Å². The summed E-state index contributed by atoms with van der Waals surface area (Å²) in [7, 11) is 0. The molecule has 0 aliphatic carbocycles. The van der Waals surface area contributed by atoms with Crippen LogP contribution in [0.3, 0.4) is 0 Å². The summed E-state index contributed by atoms with van der Waals surface area (Å²) in [5, 5.41) is 2.94. The molecule has 0 atom stereocenters. The van der Waals surface area contributed by atoms with Gasteiger partial charge in [0.2, 0.25) is 5.82 Å². The lowest BCUT2D eigenvalue weighted by molar-refractivity contribution is 0.0684. The number of pyridine rings is 1. The van der Waals surface area contributed by atoms with Gasteiger partial charge < -0.3 is 10.2 Å². The van der Waals surface area contributed by atoms with E-state index in [0.29, 0.717) is 17.3 Å². The monoisotopic (exact) mass is 390 g/mol. The van der Waals surface area contributed by atoms with Gasteiger partial charge in [-0.25, -0.2) is 4.98 Å². The van der Waals surface area contributed by atoms with Crippen LogP contribution in [0.15, 0.2) is 42.6 Å². The quantitative estimate of drug-likeness (QED) is 0.733. The molecule has 6 nitrogen and oxygen atoms in total. The van der Waals surface area contributed by atoms with Gasteiger partial charge in [0, 0.05) is 25.0 Å². The van der Waals surface area contributed by atoms with Crippen LogP contribution in [-0.2, 0) is 0 Å². The van der Waals surface area contributed by atoms with Crippen LogP contribution in [0.1, 0.15) is 52.0 Å². The molecule has 2 amide bonds. The standard InChI is InChI=1S/C23H26N4O2/c1-15-9-12-26(13-10-15)23(29)21-25-20(19-6-4-5-11-27(19)21)22(28)24-18-8-7-16(2)14-17(18)3/h4-8,11,14-15H,9-10,12-13H2,1-3H3,(H,24,28). The molecule has 3 heterocycles. The molecule has 1 fully saturated rings. The number of piperidine rings is 1. The average Bonchev–Trinajstić information content (AvgIpc) is 3.10. The highest BCUT2D eigenvalue weighted by molar-refractivity contribution is 6.09. The second-order valence-corrected chi connectivity index (χ2v) is 7.99. The van der Waals surface area contributed by atoms with Gasteiger partial charge in [-0.15, -0.1) is 0 Å². The van der Waals surface area contributed by atoms with Crippen LogP contribution < -0.4 is 5.32 Å². The van der Waals surface area contributed by atoms with Crippen molar-refractivity contribution in [3.63, 3.8) is 0 Å². The van der Waals surface area contributed by atoms with Crippen LogP contribution in [0, 0.1) is 19.8 Å². The molecule has 1 aliphatic rings. The third-order valence-electron chi connectivity index (χ3n) is 5.66. The maximum absolute atomic E-state index is 13.1. The SMILES string of the molecule is Cc1ccc(NC(=O)c2nc(C(=O)N3CCC(C)CC3)n3ccccc23)c(C)c1. The number of imidazole rings is 1. The zero-order chi connectivity index (χ0) is 20.5. The Labute approximate surface area is 170 Å². The Balaban J connectivity index is 1.67. The highest BCUT2D eigenvalue weighted by Crippen LogP contribution is 2.22. The Bertz CT molecular complexity index is 1080. The minimum absolute atomic E-state index is 0.122. The second kappa shape index (κ2) is 7.70. The first kappa shape index (κ1) is 19.2. The van der Waals surface area contributed by atoms with E-state index in [1.807, 2.05) is 55.1 Å². The lowest BCUT2D eigenvalue weighted by Gasteiger charge is -2.29. The van der Waals surface area contributed by atoms with Gasteiger partial charge in [0.05, 0.1) is 5.52 Å². The van der Waals surface area contributed by atoms with Gasteiger partial charge in [-0.2, -0.15) is 0 Å². The number of aryl methyl sites for hydroxylation is 2. The van der Waals surface area contributed by atoms with Crippen molar-refractivity contribution in [2.75, 3.05) is 18.4 Å². The molecule has 29 heavy (non-hydrogen) atoms. The number of benzene rings is 1. The number of carbonyl (C=O) groups is 2. The third-order valence-corrected chi connectivity index (χ3v) is 5.66. The van der Waals surface area contributed by atoms with E-state index in [0.717, 1.165) is 42.7 Å². The third kappa shape index (κ3) is 3.75. The molecular weight excluding hydrogens is 364 g/mol. The van der Waals surface area contributed by atoms with E-state index in [2.05, 4.69) is 17.2 Å². The number of nitrogens with one attached hydrogen (secondary N) is 1. The Morgan fingerprint density at radius 3 is 2.59 bits per heavy atom. The van der Waals surface area contributed by atoms with E-state index in [4.69, 9.17) is 0 Å². The van der Waals surface area contributed by atoms with Gasteiger partial charge in [-0.3, -0.25) is 14.0 Å². The summed E-state index contributed by atoms with van der Waals surface area (Å²) < 4.78 is 1.72. The summed E-state index contributed by atoms with van der Waals surface area (Å²) in [6.45, 7) is 7.64. The zero-order valence-electron chi connectivity index (χ0n) is 17.1. The van der Waals surface area contributed by atoms with Crippen LogP contribution in [0.4, 0.5) is 5.69 Å². The van der Waals surface area contributed by atoms with Gasteiger partial charge in [0.25, 0.3) is 11.8 Å². The Morgan fingerprint density at radius 1 is 1.10 bits per heavy atom. The maximum Gasteiger partial charge on any atom is 0.290 e. The fourth-order valence-electron chi connectivity index (χ4n) is 3.84. The van der Waals surface area contributed by atoms with Gasteiger partial charge in [-0.05, 0) is 56.4 Å². The number of amides is 2. The minimum Gasteiger partial charge on any atom is -0.336 e. The summed E-state index contributed by atoms with van der Waals surface area (Å²) >= 11 is 0. The van der Waals surface area contributed by atoms with E-state index in [1.165, 1.54) is 0 Å². The fourth-order valence-corrected chi connectivity index (χ4v) is 3.84. The molecule has 0 spiro atoms. The van der Waals surface area contributed by atoms with E-state index in [-0.39, 0.29) is 17.5 Å². The second-order valence-electron chi connectivity index (χ2n) is 7.99. The maximum atomic E-state index is 13.1. The van der Waals surface area contributed by atoms with Gasteiger partial charge in [0.15, 0.2) is 5.69 Å². The highest BCUT2D eigenvalue weighted by atomic mass is 16.2. The van der Waals surface area contributed by atoms with Crippen molar-refractivity contribution in [1.82, 2.24) is 14.3 Å². The average molecular weight is 390 g/mol. The van der Waals surface area contributed by atoms with Crippen LogP contribution >= 0.6 is 0 Å². The molecule has 0 bridgehead atoms. The van der Waals surface area contributed by atoms with E-state index in [1.54, 1.807) is 10.6 Å². The molecule has 3 aromatic rings. The number of fused-ring (bicyclic) bond motifs is 1. The Hall–Kier alpha value is -3.15. The Morgan fingerprint density at radius 2 is 1.86 bits per heavy atom. The first-order chi connectivity index (χ1) is 13.9. The van der Waals surface area contributed by atoms with Crippen molar-refractivity contribution in [3.05, 3.63) is 65.2 Å². The number of likely N-dealkylation sites (tertiary alicyclic amines) is 1. The lowest BCUT2D eigenvalue weighted by atomic mass is 9.99. The smallest absolute Gasteiger partial charge is 0.290 e. The first-order valence-corrected chi connectivity index (χ1v) is 10.1. The molecule has 0 saturated carbocycles. The summed E-state index contributed by atoms with van der Waals surface area (Å²) in [5.41, 5.74) is 3.76. The molecule has 6 heteroatoms. The largest absolute Gasteiger partial charge is 0.336 e. The van der Waals surface area contributed by atoms with Gasteiger partial charge in [-0.1, -0.05) is 30.7 Å². The lowest BCUT2D eigenvalue weighted by Crippen LogP contribution is -2.38. The molecule has 2 aromatic heterocycles. The number of aromatic nitrogens is 2. The number of carbonyl (C=O) groups excluding carboxylic acids is 2. The topological polar surface area (TPSA) is 66.7 Å². The number of rotatable bonds is 3. The molecule has 1 N–H and O–H groups in total. The van der Waals surface area contributed by atoms with E-state index < -0.39 is 0 Å². The van der Waals surface area contributed by atoms with Gasteiger partial charge in [0.1, 0.15) is 0 Å². The zero-order valence-corrected chi connectivity index (χ0v) is 17.1. The summed E-state index contributed by atoms with van der Waals surface area (Å²) in [4.78, 5) is 32.5. The predicted molar refractivity (Wildman–Crippen MR) is 113 cm³/mol. The molecular formula is C23H26N4O2. The number of anilines is 1. The van der Waals surface area contributed by atoms with Crippen molar-refractivity contribution in [1.29, 1.82) is 0 Å². The van der Waals surface area contributed by atoms with E-state index >= 15 is 0 Å². The van der Waals surface area contributed by atoms with Crippen LogP contribution in [-0.4, -0.2) is 39.2 Å². The van der Waals surface area contributed by atoms with Crippen molar-refractivity contribution in [2.24, 2.45) is 5.92 Å². The molecule has 0 radical (unpaired) electrons. The molecule has 0 unspecified atom stereocenters. The fraction of sp³-hybridized carbons (Fsp3) is 0.348. The predicted octanol–water partition coefficient (Wildman–Crippen LogP) is 4.08. The molecule has 1 aliphatic heterocycles. The molecule has 1 saturated heterocycles. The molecule has 1 aromatic carbocycles. The van der Waals surface area contributed by atoms with Crippen molar-refractivity contribution < 1.29 is 9.59 Å².